The Hall–Kier alpha value is -3.65. The van der Waals surface area contributed by atoms with Crippen molar-refractivity contribution in [2.75, 3.05) is 91.6 Å². The molecule has 4 amide bonds. The van der Waals surface area contributed by atoms with Crippen molar-refractivity contribution in [3.63, 3.8) is 0 Å². The van der Waals surface area contributed by atoms with E-state index < -0.39 is 29.6 Å². The molecule has 18 heteroatoms. The Balaban J connectivity index is 2.20. The number of rotatable bonds is 35. The molecule has 1 fully saturated rings. The van der Waals surface area contributed by atoms with E-state index in [1.165, 1.54) is 51.8 Å². The molecule has 83 heavy (non-hydrogen) atoms. The van der Waals surface area contributed by atoms with Gasteiger partial charge in [-0.2, -0.15) is 0 Å². The van der Waals surface area contributed by atoms with Gasteiger partial charge in [0.1, 0.15) is 22.8 Å². The molecule has 0 aliphatic carbocycles. The maximum atomic E-state index is 14.3. The first kappa shape index (κ1) is 75.4. The Morgan fingerprint density at radius 2 is 1.04 bits per heavy atom. The van der Waals surface area contributed by atoms with Gasteiger partial charge in [-0.25, -0.2) is 4.79 Å². The summed E-state index contributed by atoms with van der Waals surface area (Å²) in [5.41, 5.74) is -0.253. The van der Waals surface area contributed by atoms with Crippen LogP contribution in [0.25, 0.3) is 0 Å². The molecule has 2 atom stereocenters. The SMILES string of the molecule is CCC[CH2][Sn]([CH2]CCC)([CH2]CCC)[c]1ccc(CN(CCCC[C@H](NC(=O)N[C@H](C)CCC(=O)OC(C)(C)C)C(C)(C)C)C(=O)CCCCNC(=O)CN2CCN(CC(C)=O)CCN(CC(=O)OC(C)(C)C)CCN(CC(C)=O)CC2)cc1. The molecule has 476 valence electrons. The van der Waals surface area contributed by atoms with Crippen LogP contribution in [-0.4, -0.2) is 199 Å². The average molecular weight is 1270 g/mol. The van der Waals surface area contributed by atoms with E-state index in [0.29, 0.717) is 97.7 Å². The van der Waals surface area contributed by atoms with Crippen LogP contribution in [0.1, 0.15) is 199 Å². The summed E-state index contributed by atoms with van der Waals surface area (Å²) in [6.07, 6.45) is 12.2. The van der Waals surface area contributed by atoms with E-state index in [1.807, 2.05) is 58.3 Å². The number of ketones is 2. The Kier molecular flexibility index (Phi) is 35.6. The Morgan fingerprint density at radius 3 is 1.49 bits per heavy atom. The van der Waals surface area contributed by atoms with Crippen LogP contribution in [0.15, 0.2) is 24.3 Å². The molecule has 0 unspecified atom stereocenters. The Bertz CT molecular complexity index is 2030. The fourth-order valence-electron chi connectivity index (χ4n) is 10.9. The number of carbonyl (C=O) groups excluding carboxylic acids is 7. The summed E-state index contributed by atoms with van der Waals surface area (Å²) in [6.45, 7) is 36.1. The number of urea groups is 1. The monoisotopic (exact) mass is 1270 g/mol. The molecule has 1 aliphatic rings. The molecule has 1 aromatic rings. The molecular formula is C65H118N8O9Sn. The van der Waals surface area contributed by atoms with Crippen molar-refractivity contribution in [2.45, 2.75) is 237 Å². The summed E-state index contributed by atoms with van der Waals surface area (Å²) in [7, 11) is 0. The van der Waals surface area contributed by atoms with Gasteiger partial charge >= 0.3 is 238 Å². The third kappa shape index (κ3) is 34.3. The van der Waals surface area contributed by atoms with E-state index in [0.717, 1.165) is 24.8 Å². The molecule has 2 rings (SSSR count). The topological polar surface area (TPSA) is 190 Å². The number of hydrogen-bond acceptors (Lipinski definition) is 13. The van der Waals surface area contributed by atoms with Gasteiger partial charge in [0.25, 0.3) is 0 Å². The Labute approximate surface area is 507 Å². The normalized spacial score (nSPS) is 15.7. The van der Waals surface area contributed by atoms with E-state index >= 15 is 0 Å². The molecule has 17 nitrogen and oxygen atoms in total. The second-order valence-corrected chi connectivity index (χ2v) is 40.3. The summed E-state index contributed by atoms with van der Waals surface area (Å²) < 4.78 is 16.9. The molecule has 0 radical (unpaired) electrons. The van der Waals surface area contributed by atoms with Crippen LogP contribution in [-0.2, 0) is 44.8 Å². The van der Waals surface area contributed by atoms with Crippen LogP contribution in [0, 0.1) is 5.41 Å². The molecule has 0 aromatic heterocycles. The van der Waals surface area contributed by atoms with Crippen LogP contribution in [0.2, 0.25) is 13.3 Å². The van der Waals surface area contributed by atoms with Gasteiger partial charge in [-0.15, -0.1) is 0 Å². The molecule has 1 aliphatic heterocycles. The molecule has 0 spiro atoms. The van der Waals surface area contributed by atoms with Crippen molar-refractivity contribution < 1.29 is 43.0 Å². The molecular weight excluding hydrogens is 1160 g/mol. The number of nitrogens with one attached hydrogen (secondary N) is 3. The summed E-state index contributed by atoms with van der Waals surface area (Å²) in [4.78, 5) is 101. The molecule has 3 N–H and O–H groups in total. The third-order valence-electron chi connectivity index (χ3n) is 15.5. The van der Waals surface area contributed by atoms with Crippen LogP contribution >= 0.6 is 0 Å². The quantitative estimate of drug-likeness (QED) is 0.0331. The Morgan fingerprint density at radius 1 is 0.566 bits per heavy atom. The van der Waals surface area contributed by atoms with Gasteiger partial charge in [0, 0.05) is 64.8 Å². The van der Waals surface area contributed by atoms with Gasteiger partial charge < -0.3 is 14.8 Å². The average Bonchev–Trinajstić information content (AvgIpc) is 3.56. The van der Waals surface area contributed by atoms with Crippen LogP contribution in [0.3, 0.4) is 0 Å². The van der Waals surface area contributed by atoms with E-state index in [4.69, 9.17) is 9.47 Å². The number of Topliss-reactive ketones (excluding diaryl/α,β-unsaturated/α-hetero) is 2. The van der Waals surface area contributed by atoms with Gasteiger partial charge in [0.15, 0.2) is 0 Å². The predicted molar refractivity (Wildman–Crippen MR) is 340 cm³/mol. The molecule has 1 heterocycles. The number of nitrogens with zero attached hydrogens (tertiary/aromatic N) is 5. The fourth-order valence-corrected chi connectivity index (χ4v) is 26.8. The van der Waals surface area contributed by atoms with Crippen molar-refractivity contribution in [1.29, 1.82) is 0 Å². The predicted octanol–water partition coefficient (Wildman–Crippen LogP) is 9.49. The first-order valence-corrected chi connectivity index (χ1v) is 39.5. The number of unbranched alkanes of at least 4 members (excludes halogenated alkanes) is 5. The number of hydrogen-bond donors (Lipinski definition) is 3. The van der Waals surface area contributed by atoms with Gasteiger partial charge in [-0.3, -0.25) is 43.6 Å². The number of benzene rings is 1. The van der Waals surface area contributed by atoms with E-state index in [1.54, 1.807) is 17.4 Å². The summed E-state index contributed by atoms with van der Waals surface area (Å²) >= 11 is -2.65. The number of ether oxygens (including phenoxy) is 2. The van der Waals surface area contributed by atoms with Gasteiger partial charge in [0.2, 0.25) is 5.91 Å². The van der Waals surface area contributed by atoms with Crippen molar-refractivity contribution in [2.24, 2.45) is 5.41 Å². The minimum atomic E-state index is -2.65. The van der Waals surface area contributed by atoms with E-state index in [-0.39, 0.29) is 91.4 Å². The zero-order chi connectivity index (χ0) is 62.2. The van der Waals surface area contributed by atoms with Gasteiger partial charge in [-0.05, 0) is 68.7 Å². The zero-order valence-corrected chi connectivity index (χ0v) is 57.9. The van der Waals surface area contributed by atoms with E-state index in [9.17, 15) is 33.6 Å². The first-order valence-electron chi connectivity index (χ1n) is 32.0. The summed E-state index contributed by atoms with van der Waals surface area (Å²) in [6, 6.07) is 8.82. The zero-order valence-electron chi connectivity index (χ0n) is 55.0. The summed E-state index contributed by atoms with van der Waals surface area (Å²) in [5, 5.41) is 9.34. The number of esters is 2. The standard InChI is InChI=1S/C53H91N8O9.3C4H9.Sn/c1-41(24-25-48(66)69-52(7,8)9)55-50(68)56-45(51(4,5)6)22-17-19-27-61(38-44-20-14-13-15-21-44)47(65)23-16-18-26-54-46(64)39-59-32-28-57(36-42(2)62)30-34-60(40-49(67)70-53(10,11)12)35-31-58(29-33-59)37-43(3)63;3*1-3-4-2;/h14-15,20-21,41,45H,16-19,22-40H2,1-12H3,(H,54,64)(H2,55,56,68);3*1,3-4H2,2H3;/t41-,45+;;;;/m1..../s1. The van der Waals surface area contributed by atoms with E-state index in [2.05, 4.69) is 96.5 Å². The van der Waals surface area contributed by atoms with Crippen molar-refractivity contribution in [3.8, 4) is 0 Å². The van der Waals surface area contributed by atoms with Crippen molar-refractivity contribution >= 4 is 63.3 Å². The number of amides is 4. The van der Waals surface area contributed by atoms with Crippen molar-refractivity contribution in [1.82, 2.24) is 40.4 Å². The summed E-state index contributed by atoms with van der Waals surface area (Å²) in [5.74, 6) is -0.553. The van der Waals surface area contributed by atoms with Crippen LogP contribution in [0.4, 0.5) is 4.79 Å². The molecule has 0 saturated carbocycles. The second kappa shape index (κ2) is 39.2. The van der Waals surface area contributed by atoms with Crippen LogP contribution < -0.4 is 19.5 Å². The first-order chi connectivity index (χ1) is 39.0. The van der Waals surface area contributed by atoms with Gasteiger partial charge in [0.05, 0.1) is 26.2 Å². The van der Waals surface area contributed by atoms with Crippen molar-refractivity contribution in [3.05, 3.63) is 29.8 Å². The minimum absolute atomic E-state index is 0.0386. The third-order valence-corrected chi connectivity index (χ3v) is 31.2. The number of carbonyl (C=O) groups is 7. The molecule has 0 bridgehead atoms. The molecule has 1 aromatic carbocycles. The second-order valence-electron chi connectivity index (χ2n) is 27.1. The van der Waals surface area contributed by atoms with Gasteiger partial charge in [-0.1, -0.05) is 20.8 Å². The van der Waals surface area contributed by atoms with Crippen LogP contribution in [0.5, 0.6) is 0 Å². The fraction of sp³-hybridized carbons (Fsp3) is 0.800. The molecule has 1 saturated heterocycles. The maximum absolute atomic E-state index is 14.3.